The summed E-state index contributed by atoms with van der Waals surface area (Å²) in [5.41, 5.74) is 0. The second-order valence-electron chi connectivity index (χ2n) is 4.92. The normalized spacial score (nSPS) is 16.8. The lowest BCUT2D eigenvalue weighted by Crippen LogP contribution is -2.48. The molecule has 1 aliphatic heterocycles. The molecule has 19 heavy (non-hydrogen) atoms. The van der Waals surface area contributed by atoms with Crippen molar-refractivity contribution >= 4 is 17.2 Å². The summed E-state index contributed by atoms with van der Waals surface area (Å²) in [4.78, 5) is 17.7. The Labute approximate surface area is 118 Å². The van der Waals surface area contributed by atoms with Crippen LogP contribution in [0.25, 0.3) is 0 Å². The monoisotopic (exact) mass is 282 g/mol. The molecule has 4 nitrogen and oxygen atoms in total. The topological polar surface area (TPSA) is 43.8 Å². The average molecular weight is 282 g/mol. The summed E-state index contributed by atoms with van der Waals surface area (Å²) < 4.78 is 0. The van der Waals surface area contributed by atoms with Crippen LogP contribution in [0.1, 0.15) is 24.1 Å². The van der Waals surface area contributed by atoms with Gasteiger partial charge in [0.2, 0.25) is 5.91 Å². The van der Waals surface area contributed by atoms with Gasteiger partial charge in [0.1, 0.15) is 0 Å². The zero-order valence-corrected chi connectivity index (χ0v) is 12.1. The number of carbonyl (C=O) groups excluding carboxylic acids is 1. The molecule has 0 atom stereocenters. The first-order valence-electron chi connectivity index (χ1n) is 6.93. The average Bonchev–Trinajstić information content (AvgIpc) is 2.93. The van der Waals surface area contributed by atoms with Crippen molar-refractivity contribution in [3.63, 3.8) is 0 Å². The van der Waals surface area contributed by atoms with Crippen molar-refractivity contribution < 1.29 is 9.90 Å². The van der Waals surface area contributed by atoms with Crippen molar-refractivity contribution in [1.29, 1.82) is 0 Å². The fourth-order valence-corrected chi connectivity index (χ4v) is 3.07. The molecule has 0 spiro atoms. The lowest BCUT2D eigenvalue weighted by molar-refractivity contribution is -0.133. The molecule has 0 radical (unpaired) electrons. The number of aliphatic hydroxyl groups excluding tert-OH is 1. The molecule has 1 aromatic rings. The van der Waals surface area contributed by atoms with Crippen LogP contribution in [0.2, 0.25) is 0 Å². The molecule has 0 aliphatic carbocycles. The van der Waals surface area contributed by atoms with Crippen molar-refractivity contribution in [2.24, 2.45) is 0 Å². The minimum absolute atomic E-state index is 0.182. The summed E-state index contributed by atoms with van der Waals surface area (Å²) >= 11 is 1.79. The van der Waals surface area contributed by atoms with Crippen molar-refractivity contribution in [1.82, 2.24) is 9.80 Å². The van der Waals surface area contributed by atoms with Crippen LogP contribution in [0, 0.1) is 0 Å². The molecule has 1 saturated heterocycles. The Morgan fingerprint density at radius 2 is 2.05 bits per heavy atom. The molecular weight excluding hydrogens is 260 g/mol. The lowest BCUT2D eigenvalue weighted by atomic mass is 10.2. The maximum atomic E-state index is 11.9. The smallest absolute Gasteiger partial charge is 0.222 e. The Morgan fingerprint density at radius 1 is 1.26 bits per heavy atom. The molecule has 1 amide bonds. The Bertz CT molecular complexity index is 373. The van der Waals surface area contributed by atoms with Gasteiger partial charge in [-0.1, -0.05) is 6.07 Å². The van der Waals surface area contributed by atoms with E-state index in [2.05, 4.69) is 22.4 Å². The van der Waals surface area contributed by atoms with Crippen LogP contribution in [-0.4, -0.2) is 53.6 Å². The summed E-state index contributed by atoms with van der Waals surface area (Å²) in [6.45, 7) is 4.78. The van der Waals surface area contributed by atoms with Gasteiger partial charge in [0.15, 0.2) is 0 Å². The van der Waals surface area contributed by atoms with Gasteiger partial charge in [-0.15, -0.1) is 11.3 Å². The number of piperazine rings is 1. The van der Waals surface area contributed by atoms with Gasteiger partial charge < -0.3 is 10.0 Å². The third kappa shape index (κ3) is 4.60. The van der Waals surface area contributed by atoms with Crippen LogP contribution in [0.3, 0.4) is 0 Å². The largest absolute Gasteiger partial charge is 0.396 e. The SMILES string of the molecule is O=C(CCCCO)N1CCN(Cc2cccs2)CC1. The summed E-state index contributed by atoms with van der Waals surface area (Å²) in [6.07, 6.45) is 2.10. The molecule has 0 unspecified atom stereocenters. The van der Waals surface area contributed by atoms with E-state index in [1.54, 1.807) is 11.3 Å². The summed E-state index contributed by atoms with van der Waals surface area (Å²) in [5, 5.41) is 10.8. The van der Waals surface area contributed by atoms with Gasteiger partial charge in [0.25, 0.3) is 0 Å². The van der Waals surface area contributed by atoms with E-state index in [9.17, 15) is 4.79 Å². The van der Waals surface area contributed by atoms with Gasteiger partial charge in [0, 0.05) is 50.6 Å². The van der Waals surface area contributed by atoms with Crippen molar-refractivity contribution in [2.45, 2.75) is 25.8 Å². The fraction of sp³-hybridized carbons (Fsp3) is 0.643. The van der Waals surface area contributed by atoms with Crippen molar-refractivity contribution in [2.75, 3.05) is 32.8 Å². The van der Waals surface area contributed by atoms with E-state index in [1.165, 1.54) is 4.88 Å². The second kappa shape index (κ2) is 7.62. The van der Waals surface area contributed by atoms with Crippen molar-refractivity contribution in [3.05, 3.63) is 22.4 Å². The molecule has 2 heterocycles. The highest BCUT2D eigenvalue weighted by Gasteiger charge is 2.20. The van der Waals surface area contributed by atoms with Crippen LogP contribution < -0.4 is 0 Å². The molecular formula is C14H22N2O2S. The first kappa shape index (κ1) is 14.5. The Kier molecular flexibility index (Phi) is 5.82. The van der Waals surface area contributed by atoms with E-state index >= 15 is 0 Å². The molecule has 1 fully saturated rings. The van der Waals surface area contributed by atoms with E-state index in [1.807, 2.05) is 4.90 Å². The van der Waals surface area contributed by atoms with Gasteiger partial charge in [0.05, 0.1) is 0 Å². The molecule has 0 bridgehead atoms. The third-order valence-corrected chi connectivity index (χ3v) is 4.34. The number of amides is 1. The number of aliphatic hydroxyl groups is 1. The van der Waals surface area contributed by atoms with Gasteiger partial charge in [-0.25, -0.2) is 0 Å². The van der Waals surface area contributed by atoms with Crippen LogP contribution in [0.5, 0.6) is 0 Å². The van der Waals surface area contributed by atoms with Gasteiger partial charge >= 0.3 is 0 Å². The molecule has 5 heteroatoms. The lowest BCUT2D eigenvalue weighted by Gasteiger charge is -2.34. The van der Waals surface area contributed by atoms with Gasteiger partial charge in [-0.3, -0.25) is 9.69 Å². The first-order valence-corrected chi connectivity index (χ1v) is 7.81. The standard InChI is InChI=1S/C14H22N2O2S/c17-10-2-1-5-14(18)16-8-6-15(7-9-16)12-13-4-3-11-19-13/h3-4,11,17H,1-2,5-10,12H2. The van der Waals surface area contributed by atoms with Crippen LogP contribution >= 0.6 is 11.3 Å². The highest BCUT2D eigenvalue weighted by Crippen LogP contribution is 2.14. The maximum absolute atomic E-state index is 11.9. The van der Waals surface area contributed by atoms with Gasteiger partial charge in [-0.05, 0) is 24.3 Å². The minimum Gasteiger partial charge on any atom is -0.396 e. The third-order valence-electron chi connectivity index (χ3n) is 3.48. The predicted octanol–water partition coefficient (Wildman–Crippen LogP) is 1.55. The minimum atomic E-state index is 0.182. The number of carbonyl (C=O) groups is 1. The van der Waals surface area contributed by atoms with Crippen molar-refractivity contribution in [3.8, 4) is 0 Å². The molecule has 2 rings (SSSR count). The molecule has 1 aromatic heterocycles. The van der Waals surface area contributed by atoms with E-state index in [0.29, 0.717) is 6.42 Å². The summed E-state index contributed by atoms with van der Waals surface area (Å²) in [5.74, 6) is 0.240. The molecule has 106 valence electrons. The number of unbranched alkanes of at least 4 members (excludes halogenated alkanes) is 1. The maximum Gasteiger partial charge on any atom is 0.222 e. The van der Waals surface area contributed by atoms with Crippen LogP contribution in [0.15, 0.2) is 17.5 Å². The fourth-order valence-electron chi connectivity index (χ4n) is 2.32. The summed E-state index contributed by atoms with van der Waals surface area (Å²) in [7, 11) is 0. The molecule has 1 aliphatic rings. The molecule has 0 saturated carbocycles. The quantitative estimate of drug-likeness (QED) is 0.805. The number of nitrogens with zero attached hydrogens (tertiary/aromatic N) is 2. The Morgan fingerprint density at radius 3 is 2.68 bits per heavy atom. The zero-order valence-electron chi connectivity index (χ0n) is 11.3. The molecule has 1 N–H and O–H groups in total. The number of hydrogen-bond donors (Lipinski definition) is 1. The van der Waals surface area contributed by atoms with Crippen LogP contribution in [0.4, 0.5) is 0 Å². The Hall–Kier alpha value is -0.910. The van der Waals surface area contributed by atoms with Gasteiger partial charge in [-0.2, -0.15) is 0 Å². The Balaban J connectivity index is 1.68. The first-order chi connectivity index (χ1) is 9.29. The number of thiophene rings is 1. The van der Waals surface area contributed by atoms with E-state index < -0.39 is 0 Å². The molecule has 0 aromatic carbocycles. The highest BCUT2D eigenvalue weighted by atomic mass is 32.1. The second-order valence-corrected chi connectivity index (χ2v) is 5.95. The van der Waals surface area contributed by atoms with E-state index in [-0.39, 0.29) is 12.5 Å². The van der Waals surface area contributed by atoms with Crippen LogP contribution in [-0.2, 0) is 11.3 Å². The number of hydrogen-bond acceptors (Lipinski definition) is 4. The summed E-state index contributed by atoms with van der Waals surface area (Å²) in [6, 6.07) is 4.25. The van der Waals surface area contributed by atoms with E-state index in [0.717, 1.165) is 45.6 Å². The predicted molar refractivity (Wildman–Crippen MR) is 77.1 cm³/mol. The zero-order chi connectivity index (χ0) is 13.5. The number of rotatable bonds is 6. The van der Waals surface area contributed by atoms with E-state index in [4.69, 9.17) is 5.11 Å². The highest BCUT2D eigenvalue weighted by molar-refractivity contribution is 7.09.